The smallest absolute Gasteiger partial charge is 0.112 e. The van der Waals surface area contributed by atoms with Gasteiger partial charge < -0.3 is 11.1 Å². The Labute approximate surface area is 145 Å². The van der Waals surface area contributed by atoms with Gasteiger partial charge in [-0.05, 0) is 44.4 Å². The van der Waals surface area contributed by atoms with E-state index < -0.39 is 0 Å². The summed E-state index contributed by atoms with van der Waals surface area (Å²) in [7, 11) is 0. The summed E-state index contributed by atoms with van der Waals surface area (Å²) in [5.41, 5.74) is 7.19. The monoisotopic (exact) mass is 331 g/mol. The Bertz CT molecular complexity index is 522. The predicted molar refractivity (Wildman–Crippen MR) is 95.4 cm³/mol. The molecule has 0 aliphatic heterocycles. The van der Waals surface area contributed by atoms with Crippen molar-refractivity contribution in [2.45, 2.75) is 101 Å². The predicted octanol–water partition coefficient (Wildman–Crippen LogP) is 3.62. The van der Waals surface area contributed by atoms with Gasteiger partial charge in [0, 0.05) is 6.04 Å². The van der Waals surface area contributed by atoms with Crippen molar-refractivity contribution in [2.75, 3.05) is 0 Å². The first-order valence-electron chi connectivity index (χ1n) is 10.2. The van der Waals surface area contributed by atoms with Crippen LogP contribution in [0.5, 0.6) is 0 Å². The molecule has 3 N–H and O–H groups in total. The first-order valence-corrected chi connectivity index (χ1v) is 10.2. The van der Waals surface area contributed by atoms with Gasteiger partial charge in [-0.25, -0.2) is 4.68 Å². The molecule has 3 aliphatic carbocycles. The fourth-order valence-electron chi connectivity index (χ4n) is 4.62. The zero-order valence-corrected chi connectivity index (χ0v) is 14.9. The molecule has 24 heavy (non-hydrogen) atoms. The molecule has 5 nitrogen and oxygen atoms in total. The second-order valence-corrected chi connectivity index (χ2v) is 8.42. The lowest BCUT2D eigenvalue weighted by molar-refractivity contribution is 0.242. The van der Waals surface area contributed by atoms with Crippen molar-refractivity contribution in [3.63, 3.8) is 0 Å². The van der Waals surface area contributed by atoms with Gasteiger partial charge in [0.05, 0.1) is 17.9 Å². The quantitative estimate of drug-likeness (QED) is 0.809. The second kappa shape index (κ2) is 7.12. The van der Waals surface area contributed by atoms with Crippen LogP contribution in [-0.2, 0) is 5.66 Å². The Kier molecular flexibility index (Phi) is 4.90. The van der Waals surface area contributed by atoms with Crippen molar-refractivity contribution < 1.29 is 0 Å². The molecule has 1 aromatic rings. The Morgan fingerprint density at radius 1 is 1.00 bits per heavy atom. The SMILES string of the molecule is NC1(n2cc([C@@H](NC3CCCCCC3)C3CCCCC3)nn2)CC1. The summed E-state index contributed by atoms with van der Waals surface area (Å²) in [4.78, 5) is 0. The van der Waals surface area contributed by atoms with Crippen LogP contribution in [0.3, 0.4) is 0 Å². The molecule has 0 bridgehead atoms. The van der Waals surface area contributed by atoms with Crippen molar-refractivity contribution in [3.05, 3.63) is 11.9 Å². The van der Waals surface area contributed by atoms with Crippen LogP contribution in [0.25, 0.3) is 0 Å². The maximum Gasteiger partial charge on any atom is 0.112 e. The third kappa shape index (κ3) is 3.67. The van der Waals surface area contributed by atoms with E-state index in [1.165, 1.54) is 70.6 Å². The van der Waals surface area contributed by atoms with Crippen LogP contribution >= 0.6 is 0 Å². The normalized spacial score (nSPS) is 26.9. The highest BCUT2D eigenvalue weighted by Gasteiger charge is 2.42. The highest BCUT2D eigenvalue weighted by atomic mass is 15.5. The molecule has 134 valence electrons. The topological polar surface area (TPSA) is 68.8 Å². The minimum Gasteiger partial charge on any atom is -0.307 e. The van der Waals surface area contributed by atoms with E-state index in [0.717, 1.165) is 18.5 Å². The third-order valence-corrected chi connectivity index (χ3v) is 6.44. The first kappa shape index (κ1) is 16.5. The molecule has 0 aromatic carbocycles. The average Bonchev–Trinajstić information content (AvgIpc) is 3.26. The molecule has 0 unspecified atom stereocenters. The van der Waals surface area contributed by atoms with Gasteiger partial charge in [-0.1, -0.05) is 50.2 Å². The summed E-state index contributed by atoms with van der Waals surface area (Å²) in [6, 6.07) is 1.02. The van der Waals surface area contributed by atoms with Gasteiger partial charge in [0.15, 0.2) is 0 Å². The number of nitrogens with one attached hydrogen (secondary N) is 1. The lowest BCUT2D eigenvalue weighted by atomic mass is 9.82. The van der Waals surface area contributed by atoms with Gasteiger partial charge in [0.25, 0.3) is 0 Å². The lowest BCUT2D eigenvalue weighted by Crippen LogP contribution is -2.37. The molecule has 0 spiro atoms. The van der Waals surface area contributed by atoms with Gasteiger partial charge >= 0.3 is 0 Å². The van der Waals surface area contributed by atoms with E-state index in [1.807, 2.05) is 4.68 Å². The Morgan fingerprint density at radius 2 is 1.62 bits per heavy atom. The van der Waals surface area contributed by atoms with Gasteiger partial charge in [-0.15, -0.1) is 5.10 Å². The molecule has 1 aromatic heterocycles. The standard InChI is InChI=1S/C19H33N5/c20-19(12-13-19)24-14-17(22-23-24)18(15-8-4-3-5-9-15)21-16-10-6-1-2-7-11-16/h14-16,18,21H,1-13,20H2/t18-/m0/s1. The Hall–Kier alpha value is -0.940. The summed E-state index contributed by atoms with van der Waals surface area (Å²) in [5.74, 6) is 0.708. The highest BCUT2D eigenvalue weighted by molar-refractivity contribution is 5.08. The summed E-state index contributed by atoms with van der Waals surface area (Å²) in [6.45, 7) is 0. The molecule has 0 amide bonds. The van der Waals surface area contributed by atoms with Crippen LogP contribution in [0.1, 0.15) is 95.2 Å². The number of hydrogen-bond acceptors (Lipinski definition) is 4. The van der Waals surface area contributed by atoms with Crippen molar-refractivity contribution >= 4 is 0 Å². The van der Waals surface area contributed by atoms with Crippen LogP contribution < -0.4 is 11.1 Å². The summed E-state index contributed by atoms with van der Waals surface area (Å²) >= 11 is 0. The molecular weight excluding hydrogens is 298 g/mol. The zero-order valence-electron chi connectivity index (χ0n) is 14.9. The highest BCUT2D eigenvalue weighted by Crippen LogP contribution is 2.39. The molecule has 3 fully saturated rings. The maximum atomic E-state index is 6.30. The number of hydrogen-bond donors (Lipinski definition) is 2. The van der Waals surface area contributed by atoms with E-state index in [4.69, 9.17) is 5.73 Å². The number of nitrogens with zero attached hydrogens (tertiary/aromatic N) is 3. The van der Waals surface area contributed by atoms with E-state index in [2.05, 4.69) is 21.8 Å². The van der Waals surface area contributed by atoms with Crippen LogP contribution in [0.15, 0.2) is 6.20 Å². The molecule has 1 heterocycles. The van der Waals surface area contributed by atoms with Crippen LogP contribution in [0.2, 0.25) is 0 Å². The largest absolute Gasteiger partial charge is 0.307 e. The van der Waals surface area contributed by atoms with Crippen molar-refractivity contribution in [2.24, 2.45) is 11.7 Å². The number of aromatic nitrogens is 3. The Morgan fingerprint density at radius 3 is 2.29 bits per heavy atom. The van der Waals surface area contributed by atoms with Gasteiger partial charge in [-0.2, -0.15) is 0 Å². The second-order valence-electron chi connectivity index (χ2n) is 8.42. The molecule has 0 radical (unpaired) electrons. The molecule has 5 heteroatoms. The van der Waals surface area contributed by atoms with Gasteiger partial charge in [0.2, 0.25) is 0 Å². The maximum absolute atomic E-state index is 6.30. The molecule has 4 rings (SSSR count). The van der Waals surface area contributed by atoms with Crippen molar-refractivity contribution in [1.29, 1.82) is 0 Å². The van der Waals surface area contributed by atoms with E-state index in [1.54, 1.807) is 0 Å². The van der Waals surface area contributed by atoms with Crippen molar-refractivity contribution in [3.8, 4) is 0 Å². The minimum absolute atomic E-state index is 0.245. The van der Waals surface area contributed by atoms with Crippen LogP contribution in [-0.4, -0.2) is 21.0 Å². The van der Waals surface area contributed by atoms with Gasteiger partial charge in [0.1, 0.15) is 5.66 Å². The summed E-state index contributed by atoms with van der Waals surface area (Å²) in [6.07, 6.45) is 19.1. The summed E-state index contributed by atoms with van der Waals surface area (Å²) < 4.78 is 1.92. The fraction of sp³-hybridized carbons (Fsp3) is 0.895. The van der Waals surface area contributed by atoms with E-state index >= 15 is 0 Å². The Balaban J connectivity index is 1.51. The van der Waals surface area contributed by atoms with Crippen LogP contribution in [0.4, 0.5) is 0 Å². The average molecular weight is 332 g/mol. The van der Waals surface area contributed by atoms with Crippen molar-refractivity contribution in [1.82, 2.24) is 20.3 Å². The fourth-order valence-corrected chi connectivity index (χ4v) is 4.62. The van der Waals surface area contributed by atoms with Crippen LogP contribution in [0, 0.1) is 5.92 Å². The van der Waals surface area contributed by atoms with E-state index in [-0.39, 0.29) is 5.66 Å². The third-order valence-electron chi connectivity index (χ3n) is 6.44. The molecular formula is C19H33N5. The zero-order chi connectivity index (χ0) is 16.4. The lowest BCUT2D eigenvalue weighted by Gasteiger charge is -2.32. The summed E-state index contributed by atoms with van der Waals surface area (Å²) in [5, 5.41) is 12.9. The molecule has 3 aliphatic rings. The molecule has 1 atom stereocenters. The number of nitrogens with two attached hydrogens (primary N) is 1. The van der Waals surface area contributed by atoms with Gasteiger partial charge in [-0.3, -0.25) is 0 Å². The number of rotatable bonds is 5. The minimum atomic E-state index is -0.245. The molecule has 0 saturated heterocycles. The van der Waals surface area contributed by atoms with E-state index in [9.17, 15) is 0 Å². The molecule has 3 saturated carbocycles. The first-order chi connectivity index (χ1) is 11.7. The van der Waals surface area contributed by atoms with E-state index in [0.29, 0.717) is 18.0 Å².